The van der Waals surface area contributed by atoms with Crippen LogP contribution in [0.25, 0.3) is 0 Å². The minimum atomic E-state index is -0.605. The first-order chi connectivity index (χ1) is 15.3. The van der Waals surface area contributed by atoms with Gasteiger partial charge in [0.05, 0.1) is 17.9 Å². The van der Waals surface area contributed by atoms with Crippen molar-refractivity contribution in [2.24, 2.45) is 5.73 Å². The highest BCUT2D eigenvalue weighted by Crippen LogP contribution is 2.23. The van der Waals surface area contributed by atoms with E-state index in [1.807, 2.05) is 24.3 Å². The molecule has 1 unspecified atom stereocenters. The first-order valence-corrected chi connectivity index (χ1v) is 11.5. The molecular formula is C24H36N4O4. The second-order valence-electron chi connectivity index (χ2n) is 8.78. The van der Waals surface area contributed by atoms with E-state index in [9.17, 15) is 14.7 Å². The zero-order chi connectivity index (χ0) is 23.3. The molecule has 2 amide bonds. The number of nitrogens with two attached hydrogens (primary N) is 1. The summed E-state index contributed by atoms with van der Waals surface area (Å²) >= 11 is 0. The van der Waals surface area contributed by atoms with Gasteiger partial charge in [-0.1, -0.05) is 0 Å². The topological polar surface area (TPSA) is 99.3 Å². The third-order valence-corrected chi connectivity index (χ3v) is 6.28. The van der Waals surface area contributed by atoms with Crippen molar-refractivity contribution in [1.29, 1.82) is 0 Å². The van der Waals surface area contributed by atoms with Gasteiger partial charge in [0, 0.05) is 37.4 Å². The van der Waals surface area contributed by atoms with Crippen LogP contribution in [-0.4, -0.2) is 78.1 Å². The maximum atomic E-state index is 12.7. The Morgan fingerprint density at radius 2 is 1.97 bits per heavy atom. The van der Waals surface area contributed by atoms with E-state index in [4.69, 9.17) is 10.5 Å². The van der Waals surface area contributed by atoms with Crippen LogP contribution in [0.15, 0.2) is 35.6 Å². The predicted molar refractivity (Wildman–Crippen MR) is 125 cm³/mol. The number of rotatable bonds is 8. The number of piperazine rings is 1. The van der Waals surface area contributed by atoms with Crippen LogP contribution in [0.4, 0.5) is 5.69 Å². The van der Waals surface area contributed by atoms with E-state index < -0.39 is 6.04 Å². The molecule has 8 heteroatoms. The third-order valence-electron chi connectivity index (χ3n) is 6.28. The number of carbonyl (C=O) groups is 2. The first-order valence-electron chi connectivity index (χ1n) is 11.5. The molecule has 2 saturated heterocycles. The molecule has 2 heterocycles. The number of nitrogens with zero attached hydrogens (tertiary/aromatic N) is 3. The molecule has 0 spiro atoms. The molecule has 0 aromatic heterocycles. The molecule has 0 saturated carbocycles. The highest BCUT2D eigenvalue weighted by molar-refractivity contribution is 6.02. The van der Waals surface area contributed by atoms with E-state index in [2.05, 4.69) is 11.8 Å². The fourth-order valence-corrected chi connectivity index (χ4v) is 4.47. The molecule has 176 valence electrons. The Kier molecular flexibility index (Phi) is 8.15. The minimum Gasteiger partial charge on any atom is -0.512 e. The predicted octanol–water partition coefficient (Wildman–Crippen LogP) is 2.29. The van der Waals surface area contributed by atoms with Gasteiger partial charge in [-0.05, 0) is 70.8 Å². The van der Waals surface area contributed by atoms with Crippen LogP contribution in [-0.2, 0) is 9.59 Å². The molecule has 1 aromatic carbocycles. The number of amides is 2. The molecule has 8 nitrogen and oxygen atoms in total. The van der Waals surface area contributed by atoms with Crippen LogP contribution in [0.1, 0.15) is 40.0 Å². The molecule has 2 atom stereocenters. The molecule has 2 aliphatic heterocycles. The van der Waals surface area contributed by atoms with Crippen LogP contribution in [0.5, 0.6) is 5.75 Å². The van der Waals surface area contributed by atoms with Crippen LogP contribution >= 0.6 is 0 Å². The van der Waals surface area contributed by atoms with Gasteiger partial charge in [-0.2, -0.15) is 0 Å². The summed E-state index contributed by atoms with van der Waals surface area (Å²) in [6, 6.07) is 7.58. The highest BCUT2D eigenvalue weighted by Gasteiger charge is 2.31. The zero-order valence-electron chi connectivity index (χ0n) is 19.4. The van der Waals surface area contributed by atoms with Gasteiger partial charge in [0.1, 0.15) is 12.3 Å². The van der Waals surface area contributed by atoms with Crippen molar-refractivity contribution in [2.45, 2.75) is 52.1 Å². The van der Waals surface area contributed by atoms with Crippen LogP contribution in [0.2, 0.25) is 0 Å². The SMILES string of the molecule is C/C(O)=C(\C(=O)N1CCN(c2ccc(OCCCN3CCC[C@H]3C)cc2)C(=O)C1)C(C)N. The summed E-state index contributed by atoms with van der Waals surface area (Å²) in [6.07, 6.45) is 3.57. The summed E-state index contributed by atoms with van der Waals surface area (Å²) in [4.78, 5) is 31.0. The van der Waals surface area contributed by atoms with Gasteiger partial charge in [-0.25, -0.2) is 0 Å². The van der Waals surface area contributed by atoms with Crippen molar-refractivity contribution in [2.75, 3.05) is 44.2 Å². The lowest BCUT2D eigenvalue weighted by Crippen LogP contribution is -2.53. The maximum Gasteiger partial charge on any atom is 0.255 e. The summed E-state index contributed by atoms with van der Waals surface area (Å²) < 4.78 is 5.87. The van der Waals surface area contributed by atoms with Gasteiger partial charge in [0.15, 0.2) is 0 Å². The van der Waals surface area contributed by atoms with Gasteiger partial charge >= 0.3 is 0 Å². The number of allylic oxidation sites excluding steroid dienone is 1. The standard InChI is InChI=1S/C24H36N4O4/c1-17-6-4-11-26(17)12-5-15-32-21-9-7-20(8-10-21)28-14-13-27(16-22(28)30)24(31)23(18(2)25)19(3)29/h7-10,17-18,29H,4-6,11-16,25H2,1-3H3/b23-19+/t17-,18?/m1/s1. The maximum absolute atomic E-state index is 12.7. The van der Waals surface area contributed by atoms with E-state index in [-0.39, 0.29) is 29.7 Å². The number of benzene rings is 1. The molecular weight excluding hydrogens is 408 g/mol. The molecule has 32 heavy (non-hydrogen) atoms. The fourth-order valence-electron chi connectivity index (χ4n) is 4.47. The summed E-state index contributed by atoms with van der Waals surface area (Å²) in [6.45, 7) is 8.99. The smallest absolute Gasteiger partial charge is 0.255 e. The van der Waals surface area contributed by atoms with Gasteiger partial charge < -0.3 is 30.3 Å². The van der Waals surface area contributed by atoms with Gasteiger partial charge in [0.2, 0.25) is 5.91 Å². The van der Waals surface area contributed by atoms with Crippen LogP contribution < -0.4 is 15.4 Å². The lowest BCUT2D eigenvalue weighted by Gasteiger charge is -2.35. The lowest BCUT2D eigenvalue weighted by molar-refractivity contribution is -0.134. The van der Waals surface area contributed by atoms with Gasteiger partial charge in [-0.3, -0.25) is 9.59 Å². The lowest BCUT2D eigenvalue weighted by atomic mass is 10.1. The van der Waals surface area contributed by atoms with Gasteiger partial charge in [-0.15, -0.1) is 0 Å². The zero-order valence-corrected chi connectivity index (χ0v) is 19.4. The van der Waals surface area contributed by atoms with E-state index in [0.717, 1.165) is 24.4 Å². The van der Waals surface area contributed by atoms with Crippen molar-refractivity contribution in [1.82, 2.24) is 9.80 Å². The van der Waals surface area contributed by atoms with E-state index in [1.165, 1.54) is 31.2 Å². The molecule has 0 radical (unpaired) electrons. The molecule has 3 N–H and O–H groups in total. The molecule has 2 aliphatic rings. The number of aliphatic hydroxyl groups excluding tert-OH is 1. The number of hydrogen-bond acceptors (Lipinski definition) is 6. The Morgan fingerprint density at radius 1 is 1.25 bits per heavy atom. The third kappa shape index (κ3) is 5.81. The fraction of sp³-hybridized carbons (Fsp3) is 0.583. The number of aliphatic hydroxyl groups is 1. The van der Waals surface area contributed by atoms with Gasteiger partial charge in [0.25, 0.3) is 5.91 Å². The van der Waals surface area contributed by atoms with Crippen molar-refractivity contribution < 1.29 is 19.4 Å². The van der Waals surface area contributed by atoms with Crippen molar-refractivity contribution in [3.8, 4) is 5.75 Å². The van der Waals surface area contributed by atoms with Crippen molar-refractivity contribution in [3.63, 3.8) is 0 Å². The number of hydrogen-bond donors (Lipinski definition) is 2. The summed E-state index contributed by atoms with van der Waals surface area (Å²) in [5.74, 6) is 0.123. The second-order valence-corrected chi connectivity index (χ2v) is 8.78. The van der Waals surface area contributed by atoms with Crippen LogP contribution in [0.3, 0.4) is 0 Å². The number of anilines is 1. The van der Waals surface area contributed by atoms with E-state index in [1.54, 1.807) is 11.8 Å². The minimum absolute atomic E-state index is 0.0461. The molecule has 3 rings (SSSR count). The average Bonchev–Trinajstić information content (AvgIpc) is 3.16. The molecule has 1 aromatic rings. The average molecular weight is 445 g/mol. The molecule has 0 bridgehead atoms. The Hall–Kier alpha value is -2.58. The summed E-state index contributed by atoms with van der Waals surface area (Å²) in [5, 5.41) is 9.79. The van der Waals surface area contributed by atoms with E-state index in [0.29, 0.717) is 25.7 Å². The monoisotopic (exact) mass is 444 g/mol. The number of likely N-dealkylation sites (tertiary alicyclic amines) is 1. The quantitative estimate of drug-likeness (QED) is 0.363. The Labute approximate surface area is 190 Å². The van der Waals surface area contributed by atoms with Crippen molar-refractivity contribution in [3.05, 3.63) is 35.6 Å². The Bertz CT molecular complexity index is 833. The van der Waals surface area contributed by atoms with Crippen molar-refractivity contribution >= 4 is 17.5 Å². The molecule has 0 aliphatic carbocycles. The number of carbonyl (C=O) groups excluding carboxylic acids is 2. The number of ether oxygens (including phenoxy) is 1. The Morgan fingerprint density at radius 3 is 2.53 bits per heavy atom. The van der Waals surface area contributed by atoms with E-state index >= 15 is 0 Å². The highest BCUT2D eigenvalue weighted by atomic mass is 16.5. The first kappa shape index (κ1) is 24.1. The Balaban J connectivity index is 1.49. The second kappa shape index (κ2) is 10.8. The summed E-state index contributed by atoms with van der Waals surface area (Å²) in [5.41, 5.74) is 6.74. The largest absolute Gasteiger partial charge is 0.512 e. The normalized spacial score (nSPS) is 21.5. The summed E-state index contributed by atoms with van der Waals surface area (Å²) in [7, 11) is 0. The van der Waals surface area contributed by atoms with Crippen LogP contribution in [0, 0.1) is 0 Å². The molecule has 2 fully saturated rings.